The van der Waals surface area contributed by atoms with Crippen molar-refractivity contribution in [1.29, 1.82) is 0 Å². The molecule has 0 bridgehead atoms. The minimum Gasteiger partial charge on any atom is -0.244 e. The quantitative estimate of drug-likeness (QED) is 0.586. The van der Waals surface area contributed by atoms with Gasteiger partial charge in [0.2, 0.25) is 0 Å². The van der Waals surface area contributed by atoms with Crippen LogP contribution in [-0.2, 0) is 5.54 Å². The summed E-state index contributed by atoms with van der Waals surface area (Å²) >= 11 is 0. The largest absolute Gasteiger partial charge is 0.362 e. The first-order valence-electron chi connectivity index (χ1n) is 8.01. The van der Waals surface area contributed by atoms with E-state index >= 15 is 0 Å². The number of nitrogens with one attached hydrogen (secondary N) is 1. The summed E-state index contributed by atoms with van der Waals surface area (Å²) in [6, 6.07) is 29.6. The second-order valence-electron chi connectivity index (χ2n) is 5.73. The topological polar surface area (TPSA) is 63.6 Å². The van der Waals surface area contributed by atoms with E-state index in [0.717, 1.165) is 16.7 Å². The molecule has 0 aliphatic heterocycles. The van der Waals surface area contributed by atoms with Gasteiger partial charge in [-0.2, -0.15) is 4.68 Å². The van der Waals surface area contributed by atoms with Gasteiger partial charge in [0.25, 0.3) is 0 Å². The lowest BCUT2D eigenvalue weighted by Crippen LogP contribution is -2.44. The van der Waals surface area contributed by atoms with E-state index in [1.165, 1.54) is 4.68 Å². The molecule has 3 aromatic carbocycles. The van der Waals surface area contributed by atoms with Gasteiger partial charge in [-0.05, 0) is 27.1 Å². The third kappa shape index (κ3) is 2.37. The monoisotopic (exact) mass is 328 g/mol. The summed E-state index contributed by atoms with van der Waals surface area (Å²) in [5, 5.41) is 10.3. The highest BCUT2D eigenvalue weighted by atomic mass is 16.2. The van der Waals surface area contributed by atoms with Crippen LogP contribution in [0.1, 0.15) is 16.7 Å². The number of tetrazole rings is 1. The maximum atomic E-state index is 12.6. The fourth-order valence-electron chi connectivity index (χ4n) is 3.32. The molecule has 0 atom stereocenters. The minimum absolute atomic E-state index is 0.364. The third-order valence-electron chi connectivity index (χ3n) is 4.36. The Hall–Kier alpha value is -3.47. The van der Waals surface area contributed by atoms with Crippen LogP contribution in [0.2, 0.25) is 0 Å². The lowest BCUT2D eigenvalue weighted by molar-refractivity contribution is 0.434. The van der Waals surface area contributed by atoms with Crippen LogP contribution in [0.25, 0.3) is 0 Å². The van der Waals surface area contributed by atoms with Gasteiger partial charge in [-0.15, -0.1) is 0 Å². The van der Waals surface area contributed by atoms with Crippen molar-refractivity contribution in [2.24, 2.45) is 0 Å². The summed E-state index contributed by atoms with van der Waals surface area (Å²) in [6.07, 6.45) is 0. The van der Waals surface area contributed by atoms with E-state index in [1.54, 1.807) is 0 Å². The predicted octanol–water partition coefficient (Wildman–Crippen LogP) is 2.81. The number of hydrogen-bond acceptors (Lipinski definition) is 3. The summed E-state index contributed by atoms with van der Waals surface area (Å²) in [6.45, 7) is 0. The molecule has 1 heterocycles. The molecule has 0 radical (unpaired) electrons. The molecule has 1 N–H and O–H groups in total. The van der Waals surface area contributed by atoms with E-state index in [-0.39, 0.29) is 5.69 Å². The molecular weight excluding hydrogens is 312 g/mol. The summed E-state index contributed by atoms with van der Waals surface area (Å²) in [5.74, 6) is 0. The van der Waals surface area contributed by atoms with Crippen molar-refractivity contribution >= 4 is 0 Å². The minimum atomic E-state index is -0.909. The average Bonchev–Trinajstić information content (AvgIpc) is 3.12. The Labute approximate surface area is 144 Å². The van der Waals surface area contributed by atoms with Crippen LogP contribution >= 0.6 is 0 Å². The number of H-pyrrole nitrogens is 1. The molecule has 25 heavy (non-hydrogen) atoms. The van der Waals surface area contributed by atoms with E-state index < -0.39 is 5.54 Å². The summed E-state index contributed by atoms with van der Waals surface area (Å²) in [5.41, 5.74) is 1.53. The van der Waals surface area contributed by atoms with Crippen LogP contribution in [0.3, 0.4) is 0 Å². The molecule has 4 aromatic rings. The lowest BCUT2D eigenvalue weighted by atomic mass is 9.77. The fourth-order valence-corrected chi connectivity index (χ4v) is 3.32. The number of aromatic nitrogens is 4. The smallest absolute Gasteiger partial charge is 0.244 e. The fraction of sp³-hybridized carbons (Fsp3) is 0.0500. The van der Waals surface area contributed by atoms with Crippen molar-refractivity contribution in [1.82, 2.24) is 20.2 Å². The van der Waals surface area contributed by atoms with Gasteiger partial charge in [0.1, 0.15) is 5.54 Å². The van der Waals surface area contributed by atoms with Crippen molar-refractivity contribution in [3.8, 4) is 0 Å². The Kier molecular flexibility index (Phi) is 3.74. The molecule has 4 rings (SSSR count). The van der Waals surface area contributed by atoms with Gasteiger partial charge < -0.3 is 0 Å². The number of rotatable bonds is 4. The lowest BCUT2D eigenvalue weighted by Gasteiger charge is -2.34. The molecule has 0 aliphatic carbocycles. The normalized spacial score (nSPS) is 11.4. The number of nitrogens with zero attached hydrogens (tertiary/aromatic N) is 3. The average molecular weight is 328 g/mol. The maximum absolute atomic E-state index is 12.6. The van der Waals surface area contributed by atoms with Gasteiger partial charge in [-0.1, -0.05) is 91.0 Å². The molecule has 122 valence electrons. The van der Waals surface area contributed by atoms with Crippen LogP contribution in [-0.4, -0.2) is 20.2 Å². The van der Waals surface area contributed by atoms with E-state index in [1.807, 2.05) is 91.0 Å². The first-order chi connectivity index (χ1) is 12.3. The van der Waals surface area contributed by atoms with Gasteiger partial charge in [0.15, 0.2) is 0 Å². The van der Waals surface area contributed by atoms with Gasteiger partial charge >= 0.3 is 5.69 Å². The Morgan fingerprint density at radius 3 is 1.40 bits per heavy atom. The molecule has 0 fully saturated rings. The SMILES string of the molecule is O=c1[nH]nnn1C(c1ccccc1)(c1ccccc1)c1ccccc1. The molecule has 0 spiro atoms. The first-order valence-corrected chi connectivity index (χ1v) is 8.01. The van der Waals surface area contributed by atoms with Gasteiger partial charge in [0, 0.05) is 0 Å². The van der Waals surface area contributed by atoms with E-state index in [9.17, 15) is 4.79 Å². The maximum Gasteiger partial charge on any atom is 0.362 e. The zero-order chi connectivity index (χ0) is 17.1. The Bertz CT molecular complexity index is 911. The highest BCUT2D eigenvalue weighted by Crippen LogP contribution is 2.38. The summed E-state index contributed by atoms with van der Waals surface area (Å²) < 4.78 is 1.41. The molecule has 0 saturated carbocycles. The van der Waals surface area contributed by atoms with Crippen molar-refractivity contribution in [3.63, 3.8) is 0 Å². The van der Waals surface area contributed by atoms with Crippen LogP contribution in [0.4, 0.5) is 0 Å². The highest BCUT2D eigenvalue weighted by Gasteiger charge is 2.41. The predicted molar refractivity (Wildman–Crippen MR) is 95.2 cm³/mol. The van der Waals surface area contributed by atoms with Crippen LogP contribution in [0, 0.1) is 0 Å². The van der Waals surface area contributed by atoms with Crippen molar-refractivity contribution in [3.05, 3.63) is 118 Å². The van der Waals surface area contributed by atoms with E-state index in [0.29, 0.717) is 0 Å². The first kappa shape index (κ1) is 15.1. The van der Waals surface area contributed by atoms with Gasteiger partial charge in [-0.3, -0.25) is 0 Å². The molecule has 0 saturated heterocycles. The molecule has 0 aliphatic rings. The van der Waals surface area contributed by atoms with E-state index in [4.69, 9.17) is 0 Å². The molecule has 0 amide bonds. The second kappa shape index (κ2) is 6.20. The standard InChI is InChI=1S/C20H16N4O/c25-19-21-22-23-24(19)20(16-10-4-1-5-11-16,17-12-6-2-7-13-17)18-14-8-3-9-15-18/h1-15H,(H,21,23,25). The van der Waals surface area contributed by atoms with Crippen molar-refractivity contribution in [2.45, 2.75) is 5.54 Å². The van der Waals surface area contributed by atoms with Crippen molar-refractivity contribution < 1.29 is 0 Å². The zero-order valence-corrected chi connectivity index (χ0v) is 13.4. The Morgan fingerprint density at radius 2 is 1.08 bits per heavy atom. The molecular formula is C20H16N4O. The van der Waals surface area contributed by atoms with E-state index in [2.05, 4.69) is 15.5 Å². The summed E-state index contributed by atoms with van der Waals surface area (Å²) in [4.78, 5) is 12.6. The van der Waals surface area contributed by atoms with Gasteiger partial charge in [-0.25, -0.2) is 9.89 Å². The molecule has 5 heteroatoms. The van der Waals surface area contributed by atoms with Crippen molar-refractivity contribution in [2.75, 3.05) is 0 Å². The molecule has 5 nitrogen and oxygen atoms in total. The number of aromatic amines is 1. The number of hydrogen-bond donors (Lipinski definition) is 1. The Morgan fingerprint density at radius 1 is 0.680 bits per heavy atom. The molecule has 1 aromatic heterocycles. The number of benzene rings is 3. The van der Waals surface area contributed by atoms with Crippen LogP contribution < -0.4 is 5.69 Å². The Balaban J connectivity index is 2.17. The highest BCUT2D eigenvalue weighted by molar-refractivity contribution is 5.49. The molecule has 0 unspecified atom stereocenters. The van der Waals surface area contributed by atoms with Crippen LogP contribution in [0.15, 0.2) is 95.8 Å². The van der Waals surface area contributed by atoms with Gasteiger partial charge in [0.05, 0.1) is 0 Å². The second-order valence-corrected chi connectivity index (χ2v) is 5.73. The van der Waals surface area contributed by atoms with Crippen LogP contribution in [0.5, 0.6) is 0 Å². The summed E-state index contributed by atoms with van der Waals surface area (Å²) in [7, 11) is 0. The zero-order valence-electron chi connectivity index (χ0n) is 13.4. The third-order valence-corrected chi connectivity index (χ3v) is 4.36.